The minimum Gasteiger partial charge on any atom is -0.497 e. The van der Waals surface area contributed by atoms with Gasteiger partial charge in [0.05, 0.1) is 20.1 Å². The largest absolute Gasteiger partial charge is 0.497 e. The summed E-state index contributed by atoms with van der Waals surface area (Å²) >= 11 is 0. The van der Waals surface area contributed by atoms with Crippen LogP contribution in [0.15, 0.2) is 36.7 Å². The highest BCUT2D eigenvalue weighted by molar-refractivity contribution is 5.81. The maximum atomic E-state index is 12.9. The summed E-state index contributed by atoms with van der Waals surface area (Å²) < 4.78 is 13.7. The Morgan fingerprint density at radius 1 is 1.31 bits per heavy atom. The Morgan fingerprint density at radius 2 is 2.09 bits per heavy atom. The lowest BCUT2D eigenvalue weighted by atomic mass is 9.88. The summed E-state index contributed by atoms with van der Waals surface area (Å²) in [5.41, 5.74) is 0.287. The third-order valence-corrected chi connectivity index (χ3v) is 6.24. The van der Waals surface area contributed by atoms with E-state index in [2.05, 4.69) is 24.1 Å². The van der Waals surface area contributed by atoms with Gasteiger partial charge < -0.3 is 24.3 Å². The second-order valence-electron chi connectivity index (χ2n) is 9.05. The number of nitrogens with zero attached hydrogens (tertiary/aromatic N) is 3. The van der Waals surface area contributed by atoms with Crippen LogP contribution in [0, 0.1) is 5.92 Å². The average molecular weight is 441 g/mol. The summed E-state index contributed by atoms with van der Waals surface area (Å²) in [6.45, 7) is 6.34. The Bertz CT molecular complexity index is 962. The number of rotatable bonds is 6. The Labute approximate surface area is 188 Å². The smallest absolute Gasteiger partial charge is 0.251 e. The van der Waals surface area contributed by atoms with Gasteiger partial charge in [-0.1, -0.05) is 26.0 Å². The number of aromatic nitrogens is 2. The Kier molecular flexibility index (Phi) is 6.50. The number of nitrogens with one attached hydrogen (secondary N) is 1. The van der Waals surface area contributed by atoms with Gasteiger partial charge in [0.25, 0.3) is 5.91 Å². The zero-order valence-electron chi connectivity index (χ0n) is 19.0. The van der Waals surface area contributed by atoms with Crippen LogP contribution in [-0.4, -0.2) is 59.1 Å². The molecule has 0 bridgehead atoms. The van der Waals surface area contributed by atoms with Crippen LogP contribution >= 0.6 is 0 Å². The zero-order valence-corrected chi connectivity index (χ0v) is 19.0. The molecule has 3 heterocycles. The lowest BCUT2D eigenvalue weighted by Crippen LogP contribution is -2.55. The van der Waals surface area contributed by atoms with Gasteiger partial charge in [-0.3, -0.25) is 9.59 Å². The van der Waals surface area contributed by atoms with Crippen LogP contribution in [0.5, 0.6) is 5.75 Å². The maximum absolute atomic E-state index is 12.9. The molecular weight excluding hydrogens is 408 g/mol. The third-order valence-electron chi connectivity index (χ3n) is 6.24. The van der Waals surface area contributed by atoms with Crippen LogP contribution in [0.4, 0.5) is 0 Å². The van der Waals surface area contributed by atoms with Crippen LogP contribution in [0.2, 0.25) is 0 Å². The average Bonchev–Trinajstić information content (AvgIpc) is 3.28. The Balaban J connectivity index is 1.42. The summed E-state index contributed by atoms with van der Waals surface area (Å²) in [7, 11) is 1.62. The van der Waals surface area contributed by atoms with Gasteiger partial charge in [-0.25, -0.2) is 4.98 Å². The zero-order chi connectivity index (χ0) is 22.7. The SMILES string of the molecule is COc1cccc(CC(=O)N2CCC3(CC2)OC(C(=O)NCC(C)C)Cn2ccnc23)c1. The second kappa shape index (κ2) is 9.32. The number of likely N-dealkylation sites (tertiary alicyclic amines) is 1. The van der Waals surface area contributed by atoms with E-state index >= 15 is 0 Å². The van der Waals surface area contributed by atoms with Gasteiger partial charge in [-0.2, -0.15) is 0 Å². The predicted octanol–water partition coefficient (Wildman–Crippen LogP) is 2.12. The number of piperidine rings is 1. The summed E-state index contributed by atoms with van der Waals surface area (Å²) in [6.07, 6.45) is 4.66. The maximum Gasteiger partial charge on any atom is 0.251 e. The molecule has 172 valence electrons. The van der Waals surface area contributed by atoms with E-state index in [4.69, 9.17) is 9.47 Å². The van der Waals surface area contributed by atoms with Gasteiger partial charge in [0.1, 0.15) is 17.2 Å². The quantitative estimate of drug-likeness (QED) is 0.744. The van der Waals surface area contributed by atoms with Crippen molar-refractivity contribution in [2.45, 2.75) is 51.4 Å². The van der Waals surface area contributed by atoms with Crippen LogP contribution in [-0.2, 0) is 32.9 Å². The third kappa shape index (κ3) is 4.65. The highest BCUT2D eigenvalue weighted by Crippen LogP contribution is 2.40. The number of hydrogen-bond donors (Lipinski definition) is 1. The van der Waals surface area contributed by atoms with Crippen molar-refractivity contribution in [1.29, 1.82) is 0 Å². The van der Waals surface area contributed by atoms with Gasteiger partial charge in [-0.15, -0.1) is 0 Å². The molecule has 0 saturated carbocycles. The van der Waals surface area contributed by atoms with Crippen molar-refractivity contribution in [3.05, 3.63) is 48.0 Å². The fraction of sp³-hybridized carbons (Fsp3) is 0.542. The predicted molar refractivity (Wildman–Crippen MR) is 119 cm³/mol. The topological polar surface area (TPSA) is 85.7 Å². The summed E-state index contributed by atoms with van der Waals surface area (Å²) in [6, 6.07) is 7.60. The van der Waals surface area contributed by atoms with E-state index in [1.165, 1.54) is 0 Å². The van der Waals surface area contributed by atoms with Gasteiger partial charge in [0.2, 0.25) is 5.91 Å². The van der Waals surface area contributed by atoms with E-state index in [1.54, 1.807) is 13.3 Å². The molecule has 2 aliphatic heterocycles. The highest BCUT2D eigenvalue weighted by Gasteiger charge is 2.47. The number of amides is 2. The van der Waals surface area contributed by atoms with Crippen LogP contribution in [0.25, 0.3) is 0 Å². The summed E-state index contributed by atoms with van der Waals surface area (Å²) in [5, 5.41) is 2.99. The lowest BCUT2D eigenvalue weighted by Gasteiger charge is -2.45. The van der Waals surface area contributed by atoms with Crippen molar-refractivity contribution in [3.8, 4) is 5.75 Å². The summed E-state index contributed by atoms with van der Waals surface area (Å²) in [5.74, 6) is 1.97. The molecule has 2 aromatic rings. The highest BCUT2D eigenvalue weighted by atomic mass is 16.5. The van der Waals surface area contributed by atoms with Crippen LogP contribution < -0.4 is 10.1 Å². The first kappa shape index (κ1) is 22.3. The number of carbonyl (C=O) groups is 2. The van der Waals surface area contributed by atoms with Crippen molar-refractivity contribution in [2.24, 2.45) is 5.92 Å². The number of fused-ring (bicyclic) bond motifs is 2. The molecule has 1 spiro atoms. The van der Waals surface area contributed by atoms with Gasteiger partial charge in [-0.05, 0) is 23.6 Å². The summed E-state index contributed by atoms with van der Waals surface area (Å²) in [4.78, 5) is 32.1. The first-order valence-corrected chi connectivity index (χ1v) is 11.3. The minimum absolute atomic E-state index is 0.0819. The molecule has 1 fully saturated rings. The number of carbonyl (C=O) groups excluding carboxylic acids is 2. The molecule has 2 amide bonds. The standard InChI is InChI=1S/C24H32N4O4/c1-17(2)15-26-22(30)20-16-28-12-9-25-23(28)24(32-20)7-10-27(11-8-24)21(29)14-18-5-4-6-19(13-18)31-3/h4-6,9,12-13,17,20H,7-8,10-11,14-16H2,1-3H3,(H,26,30). The number of ether oxygens (including phenoxy) is 2. The fourth-order valence-corrected chi connectivity index (χ4v) is 4.48. The van der Waals surface area contributed by atoms with Gasteiger partial charge in [0, 0.05) is 44.9 Å². The molecule has 1 saturated heterocycles. The molecule has 1 N–H and O–H groups in total. The van der Waals surface area contributed by atoms with Crippen LogP contribution in [0.1, 0.15) is 38.1 Å². The molecule has 8 nitrogen and oxygen atoms in total. The molecule has 4 rings (SSSR count). The fourth-order valence-electron chi connectivity index (χ4n) is 4.48. The van der Waals surface area contributed by atoms with E-state index in [9.17, 15) is 9.59 Å². The van der Waals surface area contributed by atoms with E-state index in [-0.39, 0.29) is 11.8 Å². The number of benzene rings is 1. The first-order chi connectivity index (χ1) is 15.4. The van der Waals surface area contributed by atoms with E-state index in [0.29, 0.717) is 51.4 Å². The van der Waals surface area contributed by atoms with Crippen molar-refractivity contribution in [3.63, 3.8) is 0 Å². The van der Waals surface area contributed by atoms with E-state index in [1.807, 2.05) is 39.9 Å². The first-order valence-electron chi connectivity index (χ1n) is 11.3. The number of imidazole rings is 1. The number of hydrogen-bond acceptors (Lipinski definition) is 5. The van der Waals surface area contributed by atoms with Crippen molar-refractivity contribution >= 4 is 11.8 Å². The van der Waals surface area contributed by atoms with Gasteiger partial charge >= 0.3 is 0 Å². The van der Waals surface area contributed by atoms with Crippen molar-refractivity contribution in [1.82, 2.24) is 19.8 Å². The van der Waals surface area contributed by atoms with E-state index in [0.717, 1.165) is 17.1 Å². The molecule has 0 radical (unpaired) electrons. The molecule has 8 heteroatoms. The molecule has 1 atom stereocenters. The monoisotopic (exact) mass is 440 g/mol. The number of methoxy groups -OCH3 is 1. The molecule has 0 aliphatic carbocycles. The normalized spacial score (nSPS) is 19.6. The van der Waals surface area contributed by atoms with Crippen LogP contribution in [0.3, 0.4) is 0 Å². The van der Waals surface area contributed by atoms with Crippen molar-refractivity contribution < 1.29 is 19.1 Å². The molecule has 1 aromatic heterocycles. The Morgan fingerprint density at radius 3 is 2.81 bits per heavy atom. The molecule has 2 aliphatic rings. The molecular formula is C24H32N4O4. The molecule has 1 aromatic carbocycles. The Hall–Kier alpha value is -2.87. The van der Waals surface area contributed by atoms with Gasteiger partial charge in [0.15, 0.2) is 6.10 Å². The molecule has 1 unspecified atom stereocenters. The second-order valence-corrected chi connectivity index (χ2v) is 9.05. The lowest BCUT2D eigenvalue weighted by molar-refractivity contribution is -0.175. The van der Waals surface area contributed by atoms with Crippen molar-refractivity contribution in [2.75, 3.05) is 26.7 Å². The molecule has 32 heavy (non-hydrogen) atoms. The van der Waals surface area contributed by atoms with E-state index < -0.39 is 11.7 Å². The minimum atomic E-state index is -0.645.